The molecule has 4 aromatic rings. The number of nitrogens with two attached hydrogens (primary N) is 1. The molecule has 1 amide bonds. The number of fused-ring (bicyclic) bond motifs is 2. The number of ether oxygens (including phenoxy) is 2. The lowest BCUT2D eigenvalue weighted by molar-refractivity contribution is -0.00486. The summed E-state index contributed by atoms with van der Waals surface area (Å²) in [5.41, 5.74) is 11.2. The summed E-state index contributed by atoms with van der Waals surface area (Å²) in [6, 6.07) is 17.9. The largest absolute Gasteiger partial charge is 0.379 e. The summed E-state index contributed by atoms with van der Waals surface area (Å²) < 4.78 is 14.0. The summed E-state index contributed by atoms with van der Waals surface area (Å²) >= 11 is 0. The van der Waals surface area contributed by atoms with Crippen LogP contribution in [0.3, 0.4) is 0 Å². The van der Waals surface area contributed by atoms with E-state index in [-0.39, 0.29) is 6.10 Å². The highest BCUT2D eigenvalue weighted by Crippen LogP contribution is 2.36. The van der Waals surface area contributed by atoms with Crippen molar-refractivity contribution in [3.8, 4) is 5.95 Å². The second-order valence-corrected chi connectivity index (χ2v) is 10.5. The Bertz CT molecular complexity index is 1500. The zero-order valence-corrected chi connectivity index (χ0v) is 22.9. The number of hydrogen-bond acceptors (Lipinski definition) is 7. The molecule has 0 spiro atoms. The Morgan fingerprint density at radius 3 is 2.75 bits per heavy atom. The topological polar surface area (TPSA) is 108 Å². The third kappa shape index (κ3) is 5.45. The number of nitrogens with one attached hydrogen (secondary N) is 1. The van der Waals surface area contributed by atoms with Gasteiger partial charge in [-0.25, -0.2) is 4.98 Å². The van der Waals surface area contributed by atoms with Gasteiger partial charge in [0.25, 0.3) is 0 Å². The Morgan fingerprint density at radius 1 is 1.12 bits per heavy atom. The van der Waals surface area contributed by atoms with Crippen LogP contribution in [0.1, 0.15) is 51.8 Å². The molecule has 0 radical (unpaired) electrons. The second kappa shape index (κ2) is 11.8. The van der Waals surface area contributed by atoms with Crippen LogP contribution in [-0.2, 0) is 22.4 Å². The molecule has 0 saturated carbocycles. The van der Waals surface area contributed by atoms with E-state index in [4.69, 9.17) is 25.2 Å². The Balaban J connectivity index is 1.37. The van der Waals surface area contributed by atoms with E-state index in [0.29, 0.717) is 24.7 Å². The summed E-state index contributed by atoms with van der Waals surface area (Å²) in [4.78, 5) is 24.7. The minimum Gasteiger partial charge on any atom is -0.379 e. The first kappa shape index (κ1) is 26.4. The predicted molar refractivity (Wildman–Crippen MR) is 155 cm³/mol. The molecule has 1 aliphatic heterocycles. The standard InChI is InChI=1S/C31H36N6O3/c1-21-19-25-23(29(32)38)9-5-11-26(25)37(21)31-34-28-24(30(35-31)33-20-22-7-3-2-4-8-22)10-6-12-27(28)40-18-15-36-13-16-39-17-14-36/h2-5,7-9,11,19,27H,6,10,12-18,20H2,1H3,(H2,32,38)(H,33,34,35)/t27-/m0/s1. The molecule has 9 heteroatoms. The number of nitrogens with zero attached hydrogens (tertiary/aromatic N) is 4. The fourth-order valence-corrected chi connectivity index (χ4v) is 5.79. The lowest BCUT2D eigenvalue weighted by Crippen LogP contribution is -2.38. The molecule has 3 heterocycles. The molecule has 208 valence electrons. The Kier molecular flexibility index (Phi) is 7.77. The molecule has 3 N–H and O–H groups in total. The normalized spacial score (nSPS) is 17.6. The van der Waals surface area contributed by atoms with Crippen molar-refractivity contribution < 1.29 is 14.3 Å². The number of carbonyl (C=O) groups is 1. The molecule has 40 heavy (non-hydrogen) atoms. The molecule has 1 saturated heterocycles. The van der Waals surface area contributed by atoms with Gasteiger partial charge in [-0.05, 0) is 49.9 Å². The summed E-state index contributed by atoms with van der Waals surface area (Å²) in [6.45, 7) is 7.62. The fraction of sp³-hybridized carbons (Fsp3) is 0.387. The van der Waals surface area contributed by atoms with E-state index in [1.807, 2.05) is 47.9 Å². The quantitative estimate of drug-likeness (QED) is 0.328. The average molecular weight is 541 g/mol. The number of amides is 1. The number of benzene rings is 2. The molecular weight excluding hydrogens is 504 g/mol. The number of rotatable bonds is 9. The van der Waals surface area contributed by atoms with Crippen LogP contribution < -0.4 is 11.1 Å². The highest BCUT2D eigenvalue weighted by Gasteiger charge is 2.28. The molecule has 6 rings (SSSR count). The molecule has 0 bridgehead atoms. The fourth-order valence-electron chi connectivity index (χ4n) is 5.79. The van der Waals surface area contributed by atoms with Gasteiger partial charge in [-0.3, -0.25) is 14.3 Å². The van der Waals surface area contributed by atoms with E-state index >= 15 is 0 Å². The molecule has 2 aliphatic rings. The van der Waals surface area contributed by atoms with Crippen LogP contribution >= 0.6 is 0 Å². The van der Waals surface area contributed by atoms with Gasteiger partial charge in [-0.1, -0.05) is 36.4 Å². The lowest BCUT2D eigenvalue weighted by Gasteiger charge is -2.29. The van der Waals surface area contributed by atoms with Crippen molar-refractivity contribution in [3.05, 3.63) is 82.7 Å². The maximum atomic E-state index is 12.1. The third-order valence-corrected chi connectivity index (χ3v) is 7.85. The summed E-state index contributed by atoms with van der Waals surface area (Å²) in [5, 5.41) is 4.40. The molecule has 1 fully saturated rings. The van der Waals surface area contributed by atoms with Crippen molar-refractivity contribution in [1.29, 1.82) is 0 Å². The van der Waals surface area contributed by atoms with Gasteiger partial charge >= 0.3 is 0 Å². The summed E-state index contributed by atoms with van der Waals surface area (Å²) in [6.07, 6.45) is 2.73. The first-order chi connectivity index (χ1) is 19.6. The monoisotopic (exact) mass is 540 g/mol. The smallest absolute Gasteiger partial charge is 0.249 e. The van der Waals surface area contributed by atoms with Crippen molar-refractivity contribution >= 4 is 22.6 Å². The van der Waals surface area contributed by atoms with Gasteiger partial charge < -0.3 is 20.5 Å². The minimum atomic E-state index is -0.451. The highest BCUT2D eigenvalue weighted by atomic mass is 16.5. The van der Waals surface area contributed by atoms with Gasteiger partial charge in [0.2, 0.25) is 11.9 Å². The van der Waals surface area contributed by atoms with Crippen LogP contribution in [-0.4, -0.2) is 64.8 Å². The van der Waals surface area contributed by atoms with Crippen molar-refractivity contribution in [1.82, 2.24) is 19.4 Å². The second-order valence-electron chi connectivity index (χ2n) is 10.5. The van der Waals surface area contributed by atoms with Crippen LogP contribution in [0.5, 0.6) is 0 Å². The van der Waals surface area contributed by atoms with E-state index in [1.54, 1.807) is 6.07 Å². The molecule has 2 aromatic heterocycles. The molecule has 1 aliphatic carbocycles. The Morgan fingerprint density at radius 2 is 1.95 bits per heavy atom. The zero-order valence-electron chi connectivity index (χ0n) is 22.9. The number of primary amides is 1. The predicted octanol–water partition coefficient (Wildman–Crippen LogP) is 4.17. The zero-order chi connectivity index (χ0) is 27.5. The van der Waals surface area contributed by atoms with Crippen molar-refractivity contribution in [2.75, 3.05) is 44.8 Å². The van der Waals surface area contributed by atoms with Gasteiger partial charge in [-0.15, -0.1) is 0 Å². The molecule has 0 unspecified atom stereocenters. The Labute approximate surface area is 234 Å². The highest BCUT2D eigenvalue weighted by molar-refractivity contribution is 6.06. The number of carbonyl (C=O) groups excluding carboxylic acids is 1. The van der Waals surface area contributed by atoms with E-state index < -0.39 is 5.91 Å². The van der Waals surface area contributed by atoms with Crippen molar-refractivity contribution in [2.45, 2.75) is 38.8 Å². The minimum absolute atomic E-state index is 0.105. The van der Waals surface area contributed by atoms with Gasteiger partial charge in [-0.2, -0.15) is 4.98 Å². The maximum Gasteiger partial charge on any atom is 0.249 e. The van der Waals surface area contributed by atoms with Crippen LogP contribution in [0, 0.1) is 6.92 Å². The number of morpholine rings is 1. The molecular formula is C31H36N6O3. The van der Waals surface area contributed by atoms with Gasteiger partial charge in [0, 0.05) is 48.4 Å². The first-order valence-corrected chi connectivity index (χ1v) is 14.1. The Hall–Kier alpha value is -3.79. The number of aryl methyl sites for hydroxylation is 1. The molecule has 2 aromatic carbocycles. The van der Waals surface area contributed by atoms with E-state index in [2.05, 4.69) is 22.3 Å². The number of aromatic nitrogens is 3. The first-order valence-electron chi connectivity index (χ1n) is 14.1. The van der Waals surface area contributed by atoms with E-state index in [9.17, 15) is 4.79 Å². The van der Waals surface area contributed by atoms with E-state index in [0.717, 1.165) is 85.8 Å². The van der Waals surface area contributed by atoms with Crippen LogP contribution in [0.25, 0.3) is 16.9 Å². The summed E-state index contributed by atoms with van der Waals surface area (Å²) in [5.74, 6) is 0.942. The van der Waals surface area contributed by atoms with Gasteiger partial charge in [0.15, 0.2) is 0 Å². The van der Waals surface area contributed by atoms with Gasteiger partial charge in [0.1, 0.15) is 11.9 Å². The SMILES string of the molecule is Cc1cc2c(C(N)=O)cccc2n1-c1nc(NCc2ccccc2)c2c(n1)[C@@H](OCCN1CCOCC1)CCC2. The van der Waals surface area contributed by atoms with Crippen LogP contribution in [0.4, 0.5) is 5.82 Å². The molecule has 9 nitrogen and oxygen atoms in total. The molecule has 1 atom stereocenters. The number of anilines is 1. The lowest BCUT2D eigenvalue weighted by atomic mass is 9.93. The number of hydrogen-bond donors (Lipinski definition) is 2. The van der Waals surface area contributed by atoms with Crippen molar-refractivity contribution in [3.63, 3.8) is 0 Å². The van der Waals surface area contributed by atoms with Gasteiger partial charge in [0.05, 0.1) is 31.0 Å². The summed E-state index contributed by atoms with van der Waals surface area (Å²) in [7, 11) is 0. The average Bonchev–Trinajstić information content (AvgIpc) is 3.32. The van der Waals surface area contributed by atoms with Crippen molar-refractivity contribution in [2.24, 2.45) is 5.73 Å². The maximum absolute atomic E-state index is 12.1. The van der Waals surface area contributed by atoms with Crippen LogP contribution in [0.15, 0.2) is 54.6 Å². The van der Waals surface area contributed by atoms with E-state index in [1.165, 1.54) is 5.56 Å². The van der Waals surface area contributed by atoms with Crippen LogP contribution in [0.2, 0.25) is 0 Å². The third-order valence-electron chi connectivity index (χ3n) is 7.85.